The van der Waals surface area contributed by atoms with E-state index in [1.54, 1.807) is 54.6 Å². The monoisotopic (exact) mass is 464 g/mol. The highest BCUT2D eigenvalue weighted by molar-refractivity contribution is 6.04. The minimum absolute atomic E-state index is 0.0553. The van der Waals surface area contributed by atoms with Crippen LogP contribution in [0, 0.1) is 0 Å². The number of phenols is 2. The van der Waals surface area contributed by atoms with Gasteiger partial charge in [0.25, 0.3) is 0 Å². The lowest BCUT2D eigenvalue weighted by Crippen LogP contribution is -2.33. The topological polar surface area (TPSA) is 120 Å². The first-order valence-electron chi connectivity index (χ1n) is 11.2. The van der Waals surface area contributed by atoms with Crippen LogP contribution >= 0.6 is 0 Å². The molecule has 0 radical (unpaired) electrons. The molecule has 3 aromatic rings. The average molecular weight is 465 g/mol. The normalized spacial score (nSPS) is 15.4. The van der Waals surface area contributed by atoms with Gasteiger partial charge in [0.2, 0.25) is 5.91 Å². The Labute approximate surface area is 197 Å². The summed E-state index contributed by atoms with van der Waals surface area (Å²) in [4.78, 5) is 12.6. The number of ether oxygens (including phenoxy) is 2. The molecular weight excluding hydrogens is 436 g/mol. The molecule has 1 aliphatic rings. The van der Waals surface area contributed by atoms with Crippen LogP contribution in [0.2, 0.25) is 0 Å². The number of hydrogen-bond donors (Lipinski definition) is 5. The quantitative estimate of drug-likeness (QED) is 0.277. The highest BCUT2D eigenvalue weighted by Crippen LogP contribution is 2.41. The molecule has 0 spiro atoms. The molecule has 2 atom stereocenters. The lowest BCUT2D eigenvalue weighted by Gasteiger charge is -2.17. The number of fused-ring (bicyclic) bond motifs is 1. The van der Waals surface area contributed by atoms with Crippen molar-refractivity contribution in [1.29, 1.82) is 0 Å². The molecule has 8 nitrogen and oxygen atoms in total. The fraction of sp³-hybridized carbons (Fsp3) is 0.269. The molecule has 5 N–H and O–H groups in total. The number of aromatic hydroxyl groups is 2. The molecule has 3 aromatic carbocycles. The zero-order chi connectivity index (χ0) is 23.9. The van der Waals surface area contributed by atoms with Crippen molar-refractivity contribution in [3.05, 3.63) is 77.9 Å². The number of rotatable bonds is 11. The van der Waals surface area contributed by atoms with E-state index < -0.39 is 12.0 Å². The minimum Gasteiger partial charge on any atom is -0.508 e. The van der Waals surface area contributed by atoms with E-state index in [0.29, 0.717) is 48.9 Å². The first kappa shape index (κ1) is 23.4. The van der Waals surface area contributed by atoms with Gasteiger partial charge in [0.15, 0.2) is 0 Å². The van der Waals surface area contributed by atoms with Gasteiger partial charge in [0.05, 0.1) is 5.92 Å². The predicted octanol–water partition coefficient (Wildman–Crippen LogP) is 2.78. The van der Waals surface area contributed by atoms with Gasteiger partial charge >= 0.3 is 0 Å². The Morgan fingerprint density at radius 3 is 2.56 bits per heavy atom. The number of carbonyl (C=O) groups is 1. The molecular formula is C26H28N2O6. The van der Waals surface area contributed by atoms with Gasteiger partial charge in [-0.2, -0.15) is 0 Å². The number of hydrogen-bond acceptors (Lipinski definition) is 7. The first-order chi connectivity index (χ1) is 16.5. The van der Waals surface area contributed by atoms with Crippen LogP contribution in [0.25, 0.3) is 0 Å². The third-order valence-corrected chi connectivity index (χ3v) is 5.60. The third-order valence-electron chi connectivity index (χ3n) is 5.60. The summed E-state index contributed by atoms with van der Waals surface area (Å²) in [5.41, 5.74) is 2.10. The zero-order valence-corrected chi connectivity index (χ0v) is 18.6. The second kappa shape index (κ2) is 10.9. The molecule has 4 rings (SSSR count). The molecule has 0 aliphatic carbocycles. The molecule has 0 saturated heterocycles. The molecule has 178 valence electrons. The van der Waals surface area contributed by atoms with Gasteiger partial charge in [-0.15, -0.1) is 0 Å². The number of aliphatic hydroxyl groups excluding tert-OH is 1. The van der Waals surface area contributed by atoms with Gasteiger partial charge in [-0.3, -0.25) is 4.79 Å². The van der Waals surface area contributed by atoms with Crippen molar-refractivity contribution < 1.29 is 29.6 Å². The van der Waals surface area contributed by atoms with E-state index in [9.17, 15) is 20.1 Å². The van der Waals surface area contributed by atoms with E-state index in [0.717, 1.165) is 5.56 Å². The molecule has 0 fully saturated rings. The Balaban J connectivity index is 1.28. The maximum Gasteiger partial charge on any atom is 0.232 e. The summed E-state index contributed by atoms with van der Waals surface area (Å²) in [6.07, 6.45) is -0.414. The fourth-order valence-electron chi connectivity index (χ4n) is 3.88. The van der Waals surface area contributed by atoms with Crippen molar-refractivity contribution in [3.63, 3.8) is 0 Å². The third kappa shape index (κ3) is 5.78. The van der Waals surface area contributed by atoms with E-state index in [2.05, 4.69) is 10.6 Å². The van der Waals surface area contributed by atoms with E-state index in [1.165, 1.54) is 0 Å². The van der Waals surface area contributed by atoms with Crippen molar-refractivity contribution in [2.45, 2.75) is 18.4 Å². The van der Waals surface area contributed by atoms with Gasteiger partial charge in [0, 0.05) is 24.3 Å². The van der Waals surface area contributed by atoms with Crippen LogP contribution < -0.4 is 20.1 Å². The molecule has 0 bridgehead atoms. The zero-order valence-electron chi connectivity index (χ0n) is 18.6. The van der Waals surface area contributed by atoms with Gasteiger partial charge in [0.1, 0.15) is 42.3 Å². The Kier molecular flexibility index (Phi) is 7.51. The highest BCUT2D eigenvalue weighted by Gasteiger charge is 2.34. The Bertz CT molecular complexity index is 1120. The molecule has 0 saturated carbocycles. The highest BCUT2D eigenvalue weighted by atomic mass is 16.5. The molecule has 1 aliphatic heterocycles. The summed E-state index contributed by atoms with van der Waals surface area (Å²) in [5, 5.41) is 35.7. The standard InChI is InChI=1S/C26H28N2O6/c29-18-8-10-20(11-9-18)33-13-12-27-15-19(30)16-34-24-7-3-5-22-25(24)21(26(32)28-22)14-17-4-1-2-6-23(17)31/h1-11,19,21,27,29-31H,12-16H2,(H,28,32). The Morgan fingerprint density at radius 1 is 0.971 bits per heavy atom. The van der Waals surface area contributed by atoms with Crippen LogP contribution in [-0.4, -0.2) is 53.6 Å². The number of phenolic OH excluding ortho intramolecular Hbond substituents is 2. The minimum atomic E-state index is -0.758. The smallest absolute Gasteiger partial charge is 0.232 e. The molecule has 0 aromatic heterocycles. The molecule has 2 unspecified atom stereocenters. The van der Waals surface area contributed by atoms with Crippen molar-refractivity contribution in [3.8, 4) is 23.0 Å². The largest absolute Gasteiger partial charge is 0.508 e. The number of aliphatic hydroxyl groups is 1. The molecule has 1 amide bonds. The van der Waals surface area contributed by atoms with Gasteiger partial charge in [-0.1, -0.05) is 24.3 Å². The number of benzene rings is 3. The van der Waals surface area contributed by atoms with Crippen LogP contribution in [0.5, 0.6) is 23.0 Å². The average Bonchev–Trinajstić information content (AvgIpc) is 3.15. The summed E-state index contributed by atoms with van der Waals surface area (Å²) >= 11 is 0. The second-order valence-corrected chi connectivity index (χ2v) is 8.10. The summed E-state index contributed by atoms with van der Waals surface area (Å²) < 4.78 is 11.5. The lowest BCUT2D eigenvalue weighted by molar-refractivity contribution is -0.117. The second-order valence-electron chi connectivity index (χ2n) is 8.10. The summed E-state index contributed by atoms with van der Waals surface area (Å²) in [7, 11) is 0. The van der Waals surface area contributed by atoms with Crippen LogP contribution in [0.1, 0.15) is 17.0 Å². The van der Waals surface area contributed by atoms with Crippen LogP contribution in [0.4, 0.5) is 5.69 Å². The summed E-state index contributed by atoms with van der Waals surface area (Å²) in [6.45, 7) is 1.30. The lowest BCUT2D eigenvalue weighted by atomic mass is 9.92. The van der Waals surface area contributed by atoms with Crippen molar-refractivity contribution in [1.82, 2.24) is 5.32 Å². The van der Waals surface area contributed by atoms with E-state index >= 15 is 0 Å². The number of anilines is 1. The summed E-state index contributed by atoms with van der Waals surface area (Å²) in [5.74, 6) is 0.881. The Morgan fingerprint density at radius 2 is 1.76 bits per heavy atom. The fourth-order valence-corrected chi connectivity index (χ4v) is 3.88. The van der Waals surface area contributed by atoms with Crippen molar-refractivity contribution in [2.24, 2.45) is 0 Å². The van der Waals surface area contributed by atoms with E-state index in [4.69, 9.17) is 9.47 Å². The van der Waals surface area contributed by atoms with Crippen LogP contribution in [-0.2, 0) is 11.2 Å². The van der Waals surface area contributed by atoms with Gasteiger partial charge in [-0.25, -0.2) is 0 Å². The maximum atomic E-state index is 12.6. The number of amides is 1. The van der Waals surface area contributed by atoms with Crippen LogP contribution in [0.3, 0.4) is 0 Å². The summed E-state index contributed by atoms with van der Waals surface area (Å²) in [6, 6.07) is 18.8. The predicted molar refractivity (Wildman–Crippen MR) is 128 cm³/mol. The van der Waals surface area contributed by atoms with Crippen molar-refractivity contribution >= 4 is 11.6 Å². The van der Waals surface area contributed by atoms with Gasteiger partial charge in [-0.05, 0) is 54.4 Å². The van der Waals surface area contributed by atoms with Gasteiger partial charge < -0.3 is 35.4 Å². The van der Waals surface area contributed by atoms with Crippen LogP contribution in [0.15, 0.2) is 66.7 Å². The number of nitrogens with one attached hydrogen (secondary N) is 2. The first-order valence-corrected chi connectivity index (χ1v) is 11.2. The SMILES string of the molecule is O=C1Nc2cccc(OCC(O)CNCCOc3ccc(O)cc3)c2C1Cc1ccccc1O. The van der Waals surface area contributed by atoms with Crippen molar-refractivity contribution in [2.75, 3.05) is 31.6 Å². The molecule has 34 heavy (non-hydrogen) atoms. The molecule has 8 heteroatoms. The van der Waals surface area contributed by atoms with E-state index in [-0.39, 0.29) is 24.0 Å². The molecule has 1 heterocycles. The van der Waals surface area contributed by atoms with E-state index in [1.807, 2.05) is 12.1 Å². The number of para-hydroxylation sites is 1. The Hall–Kier alpha value is -3.75. The number of carbonyl (C=O) groups excluding carboxylic acids is 1. The maximum absolute atomic E-state index is 12.6.